The first-order chi connectivity index (χ1) is 8.25. The van der Waals surface area contributed by atoms with Gasteiger partial charge in [-0.05, 0) is 44.4 Å². The summed E-state index contributed by atoms with van der Waals surface area (Å²) in [7, 11) is 1.64. The third kappa shape index (κ3) is 3.47. The molecule has 18 heavy (non-hydrogen) atoms. The third-order valence-corrected chi connectivity index (χ3v) is 2.73. The number of rotatable bonds is 4. The van der Waals surface area contributed by atoms with Gasteiger partial charge in [0, 0.05) is 6.54 Å². The van der Waals surface area contributed by atoms with Crippen molar-refractivity contribution in [1.29, 1.82) is 0 Å². The molecule has 0 aliphatic carbocycles. The van der Waals surface area contributed by atoms with Crippen molar-refractivity contribution in [2.45, 2.75) is 39.8 Å². The third-order valence-electron chi connectivity index (χ3n) is 2.73. The van der Waals surface area contributed by atoms with E-state index in [0.29, 0.717) is 6.54 Å². The maximum absolute atomic E-state index is 11.5. The van der Waals surface area contributed by atoms with Crippen molar-refractivity contribution in [2.75, 3.05) is 7.11 Å². The zero-order valence-electron chi connectivity index (χ0n) is 11.6. The molecule has 0 saturated heterocycles. The van der Waals surface area contributed by atoms with E-state index in [2.05, 4.69) is 5.32 Å². The maximum atomic E-state index is 11.5. The summed E-state index contributed by atoms with van der Waals surface area (Å²) in [5, 5.41) is 12.2. The Bertz CT molecular complexity index is 424. The summed E-state index contributed by atoms with van der Waals surface area (Å²) < 4.78 is 5.28. The molecule has 0 atom stereocenters. The standard InChI is InChI=1S/C14H21NO3/c1-9-6-11(7-10(2)12(9)18-5)8-15-13(16)14(3,4)17/h6-7,17H,8H2,1-5H3,(H,15,16). The van der Waals surface area contributed by atoms with Crippen molar-refractivity contribution in [3.63, 3.8) is 0 Å². The van der Waals surface area contributed by atoms with E-state index in [-0.39, 0.29) is 5.91 Å². The number of carbonyl (C=O) groups is 1. The van der Waals surface area contributed by atoms with Crippen LogP contribution in [0.5, 0.6) is 5.75 Å². The molecule has 0 saturated carbocycles. The smallest absolute Gasteiger partial charge is 0.251 e. The second kappa shape index (κ2) is 5.40. The fourth-order valence-electron chi connectivity index (χ4n) is 1.86. The van der Waals surface area contributed by atoms with E-state index in [0.717, 1.165) is 22.4 Å². The molecule has 1 aromatic rings. The minimum absolute atomic E-state index is 0.381. The van der Waals surface area contributed by atoms with Crippen LogP contribution in [0.15, 0.2) is 12.1 Å². The second-order valence-electron chi connectivity index (χ2n) is 5.00. The van der Waals surface area contributed by atoms with Crippen LogP contribution < -0.4 is 10.1 Å². The van der Waals surface area contributed by atoms with Crippen molar-refractivity contribution in [3.05, 3.63) is 28.8 Å². The molecule has 0 radical (unpaired) electrons. The van der Waals surface area contributed by atoms with Gasteiger partial charge in [0.2, 0.25) is 0 Å². The Kier molecular flexibility index (Phi) is 4.35. The normalized spacial score (nSPS) is 11.2. The van der Waals surface area contributed by atoms with Gasteiger partial charge in [0.25, 0.3) is 5.91 Å². The lowest BCUT2D eigenvalue weighted by atomic mass is 10.0. The first-order valence-electron chi connectivity index (χ1n) is 5.90. The van der Waals surface area contributed by atoms with Gasteiger partial charge in [0.15, 0.2) is 0 Å². The first kappa shape index (κ1) is 14.5. The molecule has 0 spiro atoms. The summed E-state index contributed by atoms with van der Waals surface area (Å²) in [5.41, 5.74) is 1.70. The zero-order valence-corrected chi connectivity index (χ0v) is 11.6. The lowest BCUT2D eigenvalue weighted by Crippen LogP contribution is -2.41. The van der Waals surface area contributed by atoms with Gasteiger partial charge in [0.1, 0.15) is 11.4 Å². The summed E-state index contributed by atoms with van der Waals surface area (Å²) in [6.07, 6.45) is 0. The van der Waals surface area contributed by atoms with Gasteiger partial charge in [-0.3, -0.25) is 4.79 Å². The molecule has 2 N–H and O–H groups in total. The van der Waals surface area contributed by atoms with Gasteiger partial charge in [-0.1, -0.05) is 12.1 Å². The Morgan fingerprint density at radius 2 is 1.83 bits per heavy atom. The lowest BCUT2D eigenvalue weighted by Gasteiger charge is -2.17. The number of benzene rings is 1. The highest BCUT2D eigenvalue weighted by Gasteiger charge is 2.23. The fraction of sp³-hybridized carbons (Fsp3) is 0.500. The molecule has 4 nitrogen and oxygen atoms in total. The number of aryl methyl sites for hydroxylation is 2. The van der Waals surface area contributed by atoms with E-state index in [1.807, 2.05) is 26.0 Å². The average molecular weight is 251 g/mol. The maximum Gasteiger partial charge on any atom is 0.251 e. The molecule has 1 rings (SSSR count). The number of nitrogens with one attached hydrogen (secondary N) is 1. The van der Waals surface area contributed by atoms with Crippen molar-refractivity contribution in [1.82, 2.24) is 5.32 Å². The Morgan fingerprint density at radius 1 is 1.33 bits per heavy atom. The van der Waals surface area contributed by atoms with Gasteiger partial charge in [-0.2, -0.15) is 0 Å². The average Bonchev–Trinajstić information content (AvgIpc) is 2.24. The van der Waals surface area contributed by atoms with Crippen molar-refractivity contribution >= 4 is 5.91 Å². The predicted octanol–water partition coefficient (Wildman–Crippen LogP) is 1.70. The van der Waals surface area contributed by atoms with Crippen LogP contribution in [0.2, 0.25) is 0 Å². The lowest BCUT2D eigenvalue weighted by molar-refractivity contribution is -0.136. The molecule has 100 valence electrons. The molecule has 4 heteroatoms. The number of hydrogen-bond acceptors (Lipinski definition) is 3. The largest absolute Gasteiger partial charge is 0.496 e. The Labute approximate surface area is 108 Å². The minimum Gasteiger partial charge on any atom is -0.496 e. The van der Waals surface area contributed by atoms with Crippen LogP contribution in [0.25, 0.3) is 0 Å². The SMILES string of the molecule is COc1c(C)cc(CNC(=O)C(C)(C)O)cc1C. The Balaban J connectivity index is 2.79. The van der Waals surface area contributed by atoms with Crippen LogP contribution in [-0.2, 0) is 11.3 Å². The number of methoxy groups -OCH3 is 1. The molecule has 1 aromatic carbocycles. The summed E-state index contributed by atoms with van der Waals surface area (Å²) >= 11 is 0. The van der Waals surface area contributed by atoms with E-state index in [4.69, 9.17) is 4.74 Å². The minimum atomic E-state index is -1.35. The molecule has 1 amide bonds. The molecule has 0 heterocycles. The number of hydrogen-bond donors (Lipinski definition) is 2. The van der Waals surface area contributed by atoms with Crippen LogP contribution >= 0.6 is 0 Å². The zero-order chi connectivity index (χ0) is 13.9. The first-order valence-corrected chi connectivity index (χ1v) is 5.90. The van der Waals surface area contributed by atoms with Crippen LogP contribution in [-0.4, -0.2) is 23.7 Å². The van der Waals surface area contributed by atoms with Crippen LogP contribution in [0.1, 0.15) is 30.5 Å². The quantitative estimate of drug-likeness (QED) is 0.856. The number of ether oxygens (including phenoxy) is 1. The van der Waals surface area contributed by atoms with E-state index in [1.54, 1.807) is 7.11 Å². The molecule has 0 aliphatic rings. The van der Waals surface area contributed by atoms with Crippen LogP contribution in [0, 0.1) is 13.8 Å². The Morgan fingerprint density at radius 3 is 2.22 bits per heavy atom. The highest BCUT2D eigenvalue weighted by atomic mass is 16.5. The van der Waals surface area contributed by atoms with E-state index in [9.17, 15) is 9.90 Å². The molecule has 0 fully saturated rings. The van der Waals surface area contributed by atoms with Crippen LogP contribution in [0.4, 0.5) is 0 Å². The van der Waals surface area contributed by atoms with Gasteiger partial charge < -0.3 is 15.2 Å². The fourth-order valence-corrected chi connectivity index (χ4v) is 1.86. The van der Waals surface area contributed by atoms with Gasteiger partial charge in [-0.15, -0.1) is 0 Å². The molecular formula is C14H21NO3. The molecule has 0 aliphatic heterocycles. The van der Waals surface area contributed by atoms with Crippen LogP contribution in [0.3, 0.4) is 0 Å². The van der Waals surface area contributed by atoms with E-state index < -0.39 is 5.60 Å². The van der Waals surface area contributed by atoms with E-state index in [1.165, 1.54) is 13.8 Å². The highest BCUT2D eigenvalue weighted by molar-refractivity contribution is 5.83. The second-order valence-corrected chi connectivity index (χ2v) is 5.00. The Hall–Kier alpha value is -1.55. The summed E-state index contributed by atoms with van der Waals surface area (Å²) in [5.74, 6) is 0.487. The van der Waals surface area contributed by atoms with Gasteiger partial charge in [-0.25, -0.2) is 0 Å². The summed E-state index contributed by atoms with van der Waals surface area (Å²) in [6.45, 7) is 7.26. The summed E-state index contributed by atoms with van der Waals surface area (Å²) in [6, 6.07) is 3.94. The van der Waals surface area contributed by atoms with Crippen molar-refractivity contribution in [2.24, 2.45) is 0 Å². The highest BCUT2D eigenvalue weighted by Crippen LogP contribution is 2.24. The monoisotopic (exact) mass is 251 g/mol. The molecule has 0 aromatic heterocycles. The van der Waals surface area contributed by atoms with E-state index >= 15 is 0 Å². The summed E-state index contributed by atoms with van der Waals surface area (Å²) in [4.78, 5) is 11.5. The van der Waals surface area contributed by atoms with Gasteiger partial charge >= 0.3 is 0 Å². The topological polar surface area (TPSA) is 58.6 Å². The van der Waals surface area contributed by atoms with Crippen molar-refractivity contribution in [3.8, 4) is 5.75 Å². The number of carbonyl (C=O) groups excluding carboxylic acids is 1. The molecule has 0 bridgehead atoms. The predicted molar refractivity (Wildman–Crippen MR) is 70.6 cm³/mol. The molecule has 0 unspecified atom stereocenters. The number of aliphatic hydroxyl groups is 1. The number of amides is 1. The van der Waals surface area contributed by atoms with Crippen molar-refractivity contribution < 1.29 is 14.6 Å². The van der Waals surface area contributed by atoms with Gasteiger partial charge in [0.05, 0.1) is 7.11 Å². The molecular weight excluding hydrogens is 230 g/mol.